The van der Waals surface area contributed by atoms with Gasteiger partial charge in [0.2, 0.25) is 11.6 Å². The molecule has 1 aliphatic rings. The molecule has 0 saturated heterocycles. The lowest BCUT2D eigenvalue weighted by Crippen LogP contribution is -2.54. The Morgan fingerprint density at radius 1 is 0.806 bits per heavy atom. The van der Waals surface area contributed by atoms with E-state index in [4.69, 9.17) is 0 Å². The lowest BCUT2D eigenvalue weighted by atomic mass is 9.72. The molecule has 0 amide bonds. The van der Waals surface area contributed by atoms with Gasteiger partial charge in [-0.25, -0.2) is 0 Å². The topological polar surface area (TPSA) is 77.3 Å². The van der Waals surface area contributed by atoms with Gasteiger partial charge in [0, 0.05) is 16.1 Å². The lowest BCUT2D eigenvalue weighted by molar-refractivity contribution is -0.532. The van der Waals surface area contributed by atoms with Gasteiger partial charge >= 0.3 is 5.54 Å². The molecule has 5 nitrogen and oxygen atoms in total. The Hall–Kier alpha value is -3.60. The van der Waals surface area contributed by atoms with Crippen molar-refractivity contribution in [3.05, 3.63) is 117 Å². The van der Waals surface area contributed by atoms with Gasteiger partial charge < -0.3 is 0 Å². The predicted octanol–water partition coefficient (Wildman–Crippen LogP) is 5.26. The molecule has 0 fully saturated rings. The summed E-state index contributed by atoms with van der Waals surface area (Å²) in [7, 11) is 0. The highest BCUT2D eigenvalue weighted by Gasteiger charge is 2.68. The first-order chi connectivity index (χ1) is 15.0. The number of benzene rings is 3. The van der Waals surface area contributed by atoms with E-state index in [-0.39, 0.29) is 11.1 Å². The summed E-state index contributed by atoms with van der Waals surface area (Å²) in [6, 6.07) is 22.6. The van der Waals surface area contributed by atoms with E-state index in [0.717, 1.165) is 24.8 Å². The molecule has 0 N–H and O–H groups in total. The van der Waals surface area contributed by atoms with E-state index in [1.165, 1.54) is 12.1 Å². The summed E-state index contributed by atoms with van der Waals surface area (Å²) in [5.41, 5.74) is 0.0812. The van der Waals surface area contributed by atoms with Crippen molar-refractivity contribution in [3.63, 3.8) is 0 Å². The molecule has 1 atom stereocenters. The van der Waals surface area contributed by atoms with Gasteiger partial charge in [-0.3, -0.25) is 19.7 Å². The number of unbranched alkanes of at least 4 members (excludes halogenated alkanes) is 1. The molecule has 0 saturated carbocycles. The van der Waals surface area contributed by atoms with Crippen LogP contribution in [-0.2, 0) is 6.42 Å². The minimum Gasteiger partial charge on any atom is -0.285 e. The molecule has 0 spiro atoms. The monoisotopic (exact) mass is 413 g/mol. The number of rotatable bonds is 7. The van der Waals surface area contributed by atoms with Crippen LogP contribution in [-0.4, -0.2) is 22.0 Å². The molecule has 5 heteroatoms. The van der Waals surface area contributed by atoms with Crippen molar-refractivity contribution in [2.24, 2.45) is 0 Å². The number of Topliss-reactive ketones (excluding diaryl/α,β-unsaturated/α-hetero) is 2. The molecule has 0 unspecified atom stereocenters. The predicted molar refractivity (Wildman–Crippen MR) is 118 cm³/mol. The summed E-state index contributed by atoms with van der Waals surface area (Å²) < 4.78 is 0. The second-order valence-electron chi connectivity index (χ2n) is 7.92. The van der Waals surface area contributed by atoms with Crippen LogP contribution >= 0.6 is 0 Å². The van der Waals surface area contributed by atoms with Crippen LogP contribution < -0.4 is 0 Å². The number of carbonyl (C=O) groups is 2. The van der Waals surface area contributed by atoms with Crippen LogP contribution in [0.3, 0.4) is 0 Å². The third-order valence-corrected chi connectivity index (χ3v) is 6.08. The molecule has 0 bridgehead atoms. The van der Waals surface area contributed by atoms with Crippen molar-refractivity contribution in [1.82, 2.24) is 0 Å². The van der Waals surface area contributed by atoms with Crippen molar-refractivity contribution in [3.8, 4) is 0 Å². The Balaban J connectivity index is 1.92. The van der Waals surface area contributed by atoms with Gasteiger partial charge in [-0.2, -0.15) is 0 Å². The first-order valence-corrected chi connectivity index (χ1v) is 10.5. The van der Waals surface area contributed by atoms with Crippen molar-refractivity contribution >= 4 is 11.6 Å². The second-order valence-corrected chi connectivity index (χ2v) is 7.92. The zero-order chi connectivity index (χ0) is 22.0. The van der Waals surface area contributed by atoms with Gasteiger partial charge in [0.1, 0.15) is 0 Å². The molecule has 3 aromatic rings. The number of nitrogens with zero attached hydrogens (tertiary/aromatic N) is 1. The number of nitro groups is 1. The normalized spacial score (nSPS) is 15.5. The third-order valence-electron chi connectivity index (χ3n) is 6.08. The smallest absolute Gasteiger partial charge is 0.285 e. The van der Waals surface area contributed by atoms with Crippen molar-refractivity contribution < 1.29 is 14.5 Å². The second kappa shape index (κ2) is 8.26. The molecule has 31 heavy (non-hydrogen) atoms. The number of hydrogen-bond donors (Lipinski definition) is 0. The number of aryl methyl sites for hydroxylation is 1. The van der Waals surface area contributed by atoms with Crippen LogP contribution in [0.15, 0.2) is 78.9 Å². The maximum absolute atomic E-state index is 13.5. The minimum absolute atomic E-state index is 0.115. The largest absolute Gasteiger partial charge is 0.355 e. The van der Waals surface area contributed by atoms with Gasteiger partial charge in [0.15, 0.2) is 0 Å². The summed E-state index contributed by atoms with van der Waals surface area (Å²) in [6.45, 7) is 2.12. The van der Waals surface area contributed by atoms with Gasteiger partial charge in [0.05, 0.1) is 5.92 Å². The minimum atomic E-state index is -2.42. The van der Waals surface area contributed by atoms with E-state index in [1.54, 1.807) is 42.5 Å². The average molecular weight is 413 g/mol. The summed E-state index contributed by atoms with van der Waals surface area (Å²) in [5, 5.41) is 12.6. The fourth-order valence-electron chi connectivity index (χ4n) is 4.50. The molecule has 156 valence electrons. The molecule has 0 heterocycles. The number of fused-ring (bicyclic) bond motifs is 1. The highest BCUT2D eigenvalue weighted by Crippen LogP contribution is 2.45. The molecule has 4 rings (SSSR count). The first kappa shape index (κ1) is 20.7. The first-order valence-electron chi connectivity index (χ1n) is 10.5. The fourth-order valence-corrected chi connectivity index (χ4v) is 4.50. The fraction of sp³-hybridized carbons (Fsp3) is 0.231. The molecule has 3 aromatic carbocycles. The van der Waals surface area contributed by atoms with Gasteiger partial charge in [-0.1, -0.05) is 92.2 Å². The SMILES string of the molecule is CCCCc1ccc([C@@H](c2ccccc2)C2([N+](=O)[O-])C(=O)c3ccccc3C2=O)cc1. The molecule has 1 aliphatic carbocycles. The number of carbonyl (C=O) groups excluding carboxylic acids is 2. The van der Waals surface area contributed by atoms with Crippen LogP contribution in [0.25, 0.3) is 0 Å². The van der Waals surface area contributed by atoms with Gasteiger partial charge in [-0.15, -0.1) is 0 Å². The number of ketones is 2. The average Bonchev–Trinajstić information content (AvgIpc) is 3.02. The Kier molecular flexibility index (Phi) is 5.51. The number of hydrogen-bond acceptors (Lipinski definition) is 4. The Bertz CT molecular complexity index is 1100. The van der Waals surface area contributed by atoms with E-state index in [1.807, 2.05) is 24.3 Å². The van der Waals surface area contributed by atoms with Crippen molar-refractivity contribution in [2.75, 3.05) is 0 Å². The van der Waals surface area contributed by atoms with Crippen LogP contribution in [0, 0.1) is 10.1 Å². The van der Waals surface area contributed by atoms with E-state index in [9.17, 15) is 19.7 Å². The van der Waals surface area contributed by atoms with Crippen LogP contribution in [0.2, 0.25) is 0 Å². The van der Waals surface area contributed by atoms with Crippen LogP contribution in [0.5, 0.6) is 0 Å². The highest BCUT2D eigenvalue weighted by atomic mass is 16.6. The lowest BCUT2D eigenvalue weighted by Gasteiger charge is -2.28. The molecular formula is C26H23NO4. The van der Waals surface area contributed by atoms with Gasteiger partial charge in [0.25, 0.3) is 0 Å². The van der Waals surface area contributed by atoms with Crippen molar-refractivity contribution in [2.45, 2.75) is 37.6 Å². The molecule has 0 aliphatic heterocycles. The molecular weight excluding hydrogens is 390 g/mol. The summed E-state index contributed by atoms with van der Waals surface area (Å²) in [6.07, 6.45) is 3.03. The summed E-state index contributed by atoms with van der Waals surface area (Å²) >= 11 is 0. The maximum Gasteiger partial charge on any atom is 0.355 e. The van der Waals surface area contributed by atoms with E-state index >= 15 is 0 Å². The zero-order valence-electron chi connectivity index (χ0n) is 17.3. The Morgan fingerprint density at radius 2 is 1.32 bits per heavy atom. The summed E-state index contributed by atoms with van der Waals surface area (Å²) in [4.78, 5) is 38.9. The Labute approximate surface area is 180 Å². The molecule has 0 aromatic heterocycles. The zero-order valence-corrected chi connectivity index (χ0v) is 17.3. The van der Waals surface area contributed by atoms with Crippen LogP contribution in [0.4, 0.5) is 0 Å². The summed E-state index contributed by atoms with van der Waals surface area (Å²) in [5.74, 6) is -2.53. The maximum atomic E-state index is 13.5. The van der Waals surface area contributed by atoms with E-state index in [0.29, 0.717) is 11.1 Å². The quantitative estimate of drug-likeness (QED) is 0.301. The third kappa shape index (κ3) is 3.26. The van der Waals surface area contributed by atoms with E-state index < -0.39 is 27.9 Å². The van der Waals surface area contributed by atoms with E-state index in [2.05, 4.69) is 6.92 Å². The standard InChI is InChI=1S/C26H23NO4/c1-2-3-9-18-14-16-20(17-15-18)23(19-10-5-4-6-11-19)26(27(30)31)24(28)21-12-7-8-13-22(21)25(26)29/h4-8,10-17,23H,2-3,9H2,1H3/t23-/m1/s1. The Morgan fingerprint density at radius 3 is 1.84 bits per heavy atom. The molecule has 0 radical (unpaired) electrons. The highest BCUT2D eigenvalue weighted by molar-refractivity contribution is 6.32. The van der Waals surface area contributed by atoms with Crippen LogP contribution in [0.1, 0.15) is 63.1 Å². The van der Waals surface area contributed by atoms with Gasteiger partial charge in [-0.05, 0) is 29.5 Å². The van der Waals surface area contributed by atoms with Crippen molar-refractivity contribution in [1.29, 1.82) is 0 Å².